The van der Waals surface area contributed by atoms with Crippen LogP contribution >= 0.6 is 0 Å². The minimum absolute atomic E-state index is 0.934. The second-order valence-corrected chi connectivity index (χ2v) is 7.09. The molecule has 0 heterocycles. The van der Waals surface area contributed by atoms with E-state index in [2.05, 4.69) is 26.3 Å². The molecule has 0 saturated heterocycles. The van der Waals surface area contributed by atoms with Crippen LogP contribution in [0.4, 0.5) is 0 Å². The van der Waals surface area contributed by atoms with Crippen molar-refractivity contribution in [2.75, 3.05) is 0 Å². The first-order valence-electron chi connectivity index (χ1n) is 3.47. The number of hydrogen-bond acceptors (Lipinski definition) is 0. The van der Waals surface area contributed by atoms with Crippen molar-refractivity contribution >= 4 is 8.07 Å². The van der Waals surface area contributed by atoms with E-state index in [1.807, 2.05) is 0 Å². The van der Waals surface area contributed by atoms with Crippen LogP contribution < -0.4 is 0 Å². The third-order valence-electron chi connectivity index (χ3n) is 2.10. The van der Waals surface area contributed by atoms with Gasteiger partial charge in [-0.15, -0.1) is 0 Å². The zero-order valence-electron chi connectivity index (χ0n) is 6.33. The normalized spacial score (nSPS) is 11.1. The Kier molecular flexibility index (Phi) is 3.75. The van der Waals surface area contributed by atoms with Crippen LogP contribution in [0.25, 0.3) is 0 Å². The molecule has 0 fully saturated rings. The molecule has 0 atom stereocenters. The quantitative estimate of drug-likeness (QED) is 0.319. The Morgan fingerprint density at radius 3 is 1.89 bits per heavy atom. The van der Waals surface area contributed by atoms with Crippen LogP contribution in [-0.4, -0.2) is 8.07 Å². The van der Waals surface area contributed by atoms with E-state index in [9.17, 15) is 0 Å². The van der Waals surface area contributed by atoms with Gasteiger partial charge in [0.2, 0.25) is 0 Å². The molecule has 0 radical (unpaired) electrons. The van der Waals surface area contributed by atoms with Gasteiger partial charge in [-0.2, -0.15) is 0 Å². The van der Waals surface area contributed by atoms with Crippen molar-refractivity contribution in [3.63, 3.8) is 0 Å². The molecule has 0 nitrogen and oxygen atoms in total. The molecule has 0 spiro atoms. The summed E-state index contributed by atoms with van der Waals surface area (Å²) in [6.45, 7) is 8.13. The summed E-state index contributed by atoms with van der Waals surface area (Å²) >= 11 is 0. The summed E-state index contributed by atoms with van der Waals surface area (Å²) in [5.74, 6) is 0. The van der Waals surface area contributed by atoms with E-state index in [1.165, 1.54) is 0 Å². The van der Waals surface area contributed by atoms with Gasteiger partial charge in [0.05, 0.1) is 0 Å². The van der Waals surface area contributed by atoms with Crippen LogP contribution in [-0.2, 0) is 0 Å². The van der Waals surface area contributed by atoms with Gasteiger partial charge in [-0.3, -0.25) is 0 Å². The second kappa shape index (κ2) is 3.81. The van der Waals surface area contributed by atoms with E-state index >= 15 is 0 Å². The Morgan fingerprint density at radius 1 is 1.44 bits per heavy atom. The Labute approximate surface area is 59.7 Å². The van der Waals surface area contributed by atoms with E-state index in [0.717, 1.165) is 18.1 Å². The van der Waals surface area contributed by atoms with Gasteiger partial charge in [-0.1, -0.05) is 0 Å². The number of rotatable bonds is 3. The fourth-order valence-electron chi connectivity index (χ4n) is 0.843. The molecular weight excluding hydrogens is 124 g/mol. The topological polar surface area (TPSA) is 0 Å². The molecule has 0 aromatic carbocycles. The molecule has 0 amide bonds. The molecule has 0 N–H and O–H groups in total. The van der Waals surface area contributed by atoms with Gasteiger partial charge in [0.25, 0.3) is 0 Å². The van der Waals surface area contributed by atoms with Crippen LogP contribution in [0.5, 0.6) is 0 Å². The molecular formula is C8H14Si+2. The van der Waals surface area contributed by atoms with Crippen molar-refractivity contribution in [3.8, 4) is 5.54 Å². The SMILES string of the molecule is [C+]#C[Si](C[CH2+])(CC)CC. The van der Waals surface area contributed by atoms with Gasteiger partial charge >= 0.3 is 58.9 Å². The van der Waals surface area contributed by atoms with Crippen molar-refractivity contribution in [3.05, 3.63) is 13.3 Å². The molecule has 0 aliphatic rings. The Bertz CT molecular complexity index is 98.0. The molecule has 1 heteroatoms. The fourth-order valence-corrected chi connectivity index (χ4v) is 2.53. The zero-order chi connectivity index (χ0) is 7.33. The third-order valence-corrected chi connectivity index (χ3v) is 6.29. The predicted octanol–water partition coefficient (Wildman–Crippen LogP) is 2.44. The Balaban J connectivity index is 4.04. The van der Waals surface area contributed by atoms with Crippen molar-refractivity contribution in [2.45, 2.75) is 32.0 Å². The molecule has 0 bridgehead atoms. The number of hydrogen-bond donors (Lipinski definition) is 0. The van der Waals surface area contributed by atoms with E-state index < -0.39 is 8.07 Å². The minimum atomic E-state index is -1.39. The summed E-state index contributed by atoms with van der Waals surface area (Å²) in [7, 11) is -1.39. The molecule has 0 aliphatic carbocycles. The Morgan fingerprint density at radius 2 is 1.89 bits per heavy atom. The van der Waals surface area contributed by atoms with Crippen LogP contribution in [0.3, 0.4) is 0 Å². The van der Waals surface area contributed by atoms with Gasteiger partial charge in [0.1, 0.15) is 0 Å². The molecule has 0 rings (SSSR count). The predicted molar refractivity (Wildman–Crippen MR) is 44.0 cm³/mol. The van der Waals surface area contributed by atoms with Gasteiger partial charge in [-0.05, 0) is 0 Å². The average Bonchev–Trinajstić information content (AvgIpc) is 1.95. The van der Waals surface area contributed by atoms with E-state index in [0.29, 0.717) is 0 Å². The summed E-state index contributed by atoms with van der Waals surface area (Å²) in [5.41, 5.74) is 2.69. The van der Waals surface area contributed by atoms with Gasteiger partial charge in [0, 0.05) is 0 Å². The van der Waals surface area contributed by atoms with Crippen LogP contribution in [0.15, 0.2) is 0 Å². The standard InChI is InChI=1S/C8H14Si/c1-5-9(6-2,7-3)8-4/h1,5-7H2,2-3H3/q+2. The molecule has 0 aliphatic heterocycles. The van der Waals surface area contributed by atoms with E-state index in [4.69, 9.17) is 6.42 Å². The van der Waals surface area contributed by atoms with Gasteiger partial charge in [-0.25, -0.2) is 0 Å². The van der Waals surface area contributed by atoms with Crippen LogP contribution in [0.2, 0.25) is 18.1 Å². The molecule has 0 aromatic heterocycles. The zero-order valence-corrected chi connectivity index (χ0v) is 7.33. The van der Waals surface area contributed by atoms with E-state index in [-0.39, 0.29) is 0 Å². The molecule has 9 heavy (non-hydrogen) atoms. The molecule has 0 unspecified atom stereocenters. The van der Waals surface area contributed by atoms with Crippen molar-refractivity contribution < 1.29 is 0 Å². The fraction of sp³-hybridized carbons (Fsp3) is 0.625. The first kappa shape index (κ1) is 8.87. The maximum atomic E-state index is 7.08. The van der Waals surface area contributed by atoms with Crippen LogP contribution in [0, 0.1) is 18.9 Å². The van der Waals surface area contributed by atoms with Crippen molar-refractivity contribution in [2.24, 2.45) is 0 Å². The van der Waals surface area contributed by atoms with Gasteiger partial charge < -0.3 is 0 Å². The molecule has 48 valence electrons. The molecule has 0 aromatic rings. The van der Waals surface area contributed by atoms with Gasteiger partial charge in [0.15, 0.2) is 0 Å². The monoisotopic (exact) mass is 138 g/mol. The summed E-state index contributed by atoms with van der Waals surface area (Å²) in [4.78, 5) is 0. The second-order valence-electron chi connectivity index (χ2n) is 2.36. The molecule has 0 saturated carbocycles. The summed E-state index contributed by atoms with van der Waals surface area (Å²) in [6.07, 6.45) is 7.08. The average molecular weight is 138 g/mol. The third kappa shape index (κ3) is 1.92. The van der Waals surface area contributed by atoms with Crippen molar-refractivity contribution in [1.82, 2.24) is 0 Å². The van der Waals surface area contributed by atoms with E-state index in [1.54, 1.807) is 0 Å². The first-order valence-corrected chi connectivity index (χ1v) is 6.10. The van der Waals surface area contributed by atoms with Crippen LogP contribution in [0.1, 0.15) is 13.8 Å². The first-order chi connectivity index (χ1) is 4.24. The van der Waals surface area contributed by atoms with Crippen molar-refractivity contribution in [1.29, 1.82) is 0 Å². The summed E-state index contributed by atoms with van der Waals surface area (Å²) in [5, 5.41) is 0. The Hall–Kier alpha value is -0.133. The summed E-state index contributed by atoms with van der Waals surface area (Å²) < 4.78 is 0. The maximum absolute atomic E-state index is 7.08. The summed E-state index contributed by atoms with van der Waals surface area (Å²) in [6, 6.07) is 3.18.